The second kappa shape index (κ2) is 10.4. The highest BCUT2D eigenvalue weighted by Crippen LogP contribution is 2.31. The van der Waals surface area contributed by atoms with Gasteiger partial charge in [0.2, 0.25) is 0 Å². The highest BCUT2D eigenvalue weighted by Gasteiger charge is 2.26. The number of rotatable bonds is 5. The fourth-order valence-electron chi connectivity index (χ4n) is 4.80. The van der Waals surface area contributed by atoms with Crippen molar-refractivity contribution in [3.8, 4) is 11.5 Å². The average molecular weight is 506 g/mol. The number of para-hydroxylation sites is 1. The number of morpholine rings is 1. The van der Waals surface area contributed by atoms with Crippen LogP contribution in [0.15, 0.2) is 89.9 Å². The Bertz CT molecular complexity index is 1480. The van der Waals surface area contributed by atoms with E-state index in [1.54, 1.807) is 0 Å². The number of carbonyl (C=O) groups excluding carboxylic acids is 1. The number of anilines is 1. The molecule has 8 nitrogen and oxygen atoms in total. The van der Waals surface area contributed by atoms with E-state index in [-0.39, 0.29) is 11.8 Å². The van der Waals surface area contributed by atoms with Crippen LogP contribution in [0.1, 0.15) is 38.7 Å². The van der Waals surface area contributed by atoms with Gasteiger partial charge in [-0.15, -0.1) is 5.10 Å². The van der Waals surface area contributed by atoms with Gasteiger partial charge < -0.3 is 20.1 Å². The lowest BCUT2D eigenvalue weighted by atomic mass is 9.93. The first-order valence-electron chi connectivity index (χ1n) is 12.6. The van der Waals surface area contributed by atoms with Crippen LogP contribution in [0.2, 0.25) is 0 Å². The highest BCUT2D eigenvalue weighted by atomic mass is 16.5. The summed E-state index contributed by atoms with van der Waals surface area (Å²) in [6.07, 6.45) is 0. The maximum absolute atomic E-state index is 13.1. The first-order chi connectivity index (χ1) is 18.7. The van der Waals surface area contributed by atoms with Gasteiger partial charge in [-0.25, -0.2) is 0 Å². The molecule has 38 heavy (non-hydrogen) atoms. The smallest absolute Gasteiger partial charge is 0.254 e. The van der Waals surface area contributed by atoms with Gasteiger partial charge in [-0.3, -0.25) is 9.79 Å². The van der Waals surface area contributed by atoms with Crippen LogP contribution in [0.25, 0.3) is 0 Å². The molecule has 1 atom stereocenters. The van der Waals surface area contributed by atoms with Gasteiger partial charge in [-0.05, 0) is 60.2 Å². The van der Waals surface area contributed by atoms with Crippen LogP contribution in [0.3, 0.4) is 0 Å². The van der Waals surface area contributed by atoms with Gasteiger partial charge >= 0.3 is 0 Å². The van der Waals surface area contributed by atoms with Crippen LogP contribution in [-0.2, 0) is 4.74 Å². The van der Waals surface area contributed by atoms with Crippen LogP contribution in [0, 0.1) is 0 Å². The summed E-state index contributed by atoms with van der Waals surface area (Å²) in [6.45, 7) is 2.78. The van der Waals surface area contributed by atoms with Gasteiger partial charge in [-0.2, -0.15) is 5.10 Å². The molecule has 1 saturated heterocycles. The van der Waals surface area contributed by atoms with E-state index in [1.165, 1.54) is 0 Å². The van der Waals surface area contributed by atoms with Gasteiger partial charge in [0, 0.05) is 35.7 Å². The predicted octanol–water partition coefficient (Wildman–Crippen LogP) is 4.31. The van der Waals surface area contributed by atoms with Crippen LogP contribution >= 0.6 is 0 Å². The van der Waals surface area contributed by atoms with E-state index in [2.05, 4.69) is 10.2 Å². The van der Waals surface area contributed by atoms with E-state index >= 15 is 0 Å². The monoisotopic (exact) mass is 505 g/mol. The molecule has 1 fully saturated rings. The molecule has 3 aromatic carbocycles. The molecule has 4 aromatic rings. The zero-order valence-electron chi connectivity index (χ0n) is 20.8. The Morgan fingerprint density at radius 2 is 1.66 bits per heavy atom. The molecule has 0 radical (unpaired) electrons. The van der Waals surface area contributed by atoms with Crippen molar-refractivity contribution in [1.82, 2.24) is 15.1 Å². The Labute approximate surface area is 220 Å². The maximum atomic E-state index is 13.1. The van der Waals surface area contributed by atoms with Gasteiger partial charge in [0.25, 0.3) is 5.91 Å². The van der Waals surface area contributed by atoms with E-state index in [9.17, 15) is 4.79 Å². The lowest BCUT2D eigenvalue weighted by Crippen LogP contribution is -2.40. The topological polar surface area (TPSA) is 103 Å². The molecule has 190 valence electrons. The number of nitrogens with two attached hydrogens (primary N) is 1. The summed E-state index contributed by atoms with van der Waals surface area (Å²) < 4.78 is 11.3. The normalized spacial score (nSPS) is 16.9. The minimum Gasteiger partial charge on any atom is -0.457 e. The molecule has 0 saturated carbocycles. The van der Waals surface area contributed by atoms with Crippen molar-refractivity contribution < 1.29 is 14.3 Å². The molecule has 1 amide bonds. The number of hydrogen-bond acceptors (Lipinski definition) is 7. The molecule has 2 aliphatic heterocycles. The second-order valence-corrected chi connectivity index (χ2v) is 9.28. The van der Waals surface area contributed by atoms with Crippen LogP contribution < -0.4 is 10.5 Å². The quantitative estimate of drug-likeness (QED) is 0.434. The largest absolute Gasteiger partial charge is 0.457 e. The number of amides is 1. The molecule has 6 rings (SSSR count). The first-order valence-corrected chi connectivity index (χ1v) is 12.6. The third kappa shape index (κ3) is 4.86. The summed E-state index contributed by atoms with van der Waals surface area (Å²) in [5, 5.41) is 8.65. The molecule has 2 N–H and O–H groups in total. The summed E-state index contributed by atoms with van der Waals surface area (Å²) in [7, 11) is 0. The van der Waals surface area contributed by atoms with Crippen molar-refractivity contribution in [1.29, 1.82) is 0 Å². The molecule has 8 heteroatoms. The van der Waals surface area contributed by atoms with Gasteiger partial charge in [0.05, 0.1) is 31.2 Å². The van der Waals surface area contributed by atoms with E-state index in [0.717, 1.165) is 39.6 Å². The van der Waals surface area contributed by atoms with Gasteiger partial charge in [0.1, 0.15) is 11.5 Å². The van der Waals surface area contributed by atoms with Crippen molar-refractivity contribution in [2.24, 2.45) is 4.99 Å². The van der Waals surface area contributed by atoms with Crippen molar-refractivity contribution in [3.63, 3.8) is 0 Å². The number of aromatic nitrogens is 2. The predicted molar refractivity (Wildman–Crippen MR) is 145 cm³/mol. The number of ether oxygens (including phenoxy) is 2. The molecule has 2 aliphatic rings. The molecular weight excluding hydrogens is 478 g/mol. The lowest BCUT2D eigenvalue weighted by molar-refractivity contribution is 0.0303. The Kier molecular flexibility index (Phi) is 6.54. The highest BCUT2D eigenvalue weighted by molar-refractivity contribution is 6.15. The second-order valence-electron chi connectivity index (χ2n) is 9.28. The molecule has 2 bridgehead atoms. The average Bonchev–Trinajstić information content (AvgIpc) is 3.13. The third-order valence-corrected chi connectivity index (χ3v) is 6.83. The SMILES string of the molecule is Nc1nnc2cc1C(c1ccc(Oc3ccccc3)cc1)=NCC2c1cccc(C(=O)N2CCOCC2)c1. The number of carbonyl (C=O) groups is 1. The molecule has 0 aliphatic carbocycles. The summed E-state index contributed by atoms with van der Waals surface area (Å²) >= 11 is 0. The summed E-state index contributed by atoms with van der Waals surface area (Å²) in [5.41, 5.74) is 11.1. The maximum Gasteiger partial charge on any atom is 0.254 e. The van der Waals surface area contributed by atoms with E-state index in [1.807, 2.05) is 89.8 Å². The number of hydrogen-bond donors (Lipinski definition) is 1. The summed E-state index contributed by atoms with van der Waals surface area (Å²) in [6, 6.07) is 27.1. The Balaban J connectivity index is 1.28. The molecule has 1 unspecified atom stereocenters. The van der Waals surface area contributed by atoms with Crippen molar-refractivity contribution in [3.05, 3.63) is 113 Å². The minimum absolute atomic E-state index is 0.00912. The van der Waals surface area contributed by atoms with Gasteiger partial charge in [0.15, 0.2) is 5.82 Å². The zero-order chi connectivity index (χ0) is 25.9. The van der Waals surface area contributed by atoms with Crippen LogP contribution in [0.4, 0.5) is 5.82 Å². The zero-order valence-corrected chi connectivity index (χ0v) is 20.8. The van der Waals surface area contributed by atoms with Crippen LogP contribution in [-0.4, -0.2) is 59.6 Å². The van der Waals surface area contributed by atoms with E-state index in [0.29, 0.717) is 44.2 Å². The standard InChI is InChI=1S/C30H27N5O3/c31-29-25-18-27(33-34-29)26(21-5-4-6-22(17-21)30(36)35-13-15-37-16-14-35)19-32-28(25)20-9-11-24(12-10-20)38-23-7-2-1-3-8-23/h1-12,17-18,26H,13-16,19H2,(H2,31,34). The van der Waals surface area contributed by atoms with Crippen molar-refractivity contribution in [2.75, 3.05) is 38.6 Å². The number of benzene rings is 3. The number of nitrogens with zero attached hydrogens (tertiary/aromatic N) is 4. The number of aliphatic imine (C=N–C) groups is 1. The summed E-state index contributed by atoms with van der Waals surface area (Å²) in [5.74, 6) is 1.69. The summed E-state index contributed by atoms with van der Waals surface area (Å²) in [4.78, 5) is 19.9. The fourth-order valence-corrected chi connectivity index (χ4v) is 4.80. The third-order valence-electron chi connectivity index (χ3n) is 6.83. The molecule has 3 heterocycles. The number of fused-ring (bicyclic) bond motifs is 2. The molecular formula is C30H27N5O3. The Hall–Kier alpha value is -4.56. The van der Waals surface area contributed by atoms with Crippen LogP contribution in [0.5, 0.6) is 11.5 Å². The van der Waals surface area contributed by atoms with Gasteiger partial charge in [-0.1, -0.05) is 30.3 Å². The Morgan fingerprint density at radius 1 is 0.895 bits per heavy atom. The van der Waals surface area contributed by atoms with E-state index < -0.39 is 0 Å². The van der Waals surface area contributed by atoms with Crippen molar-refractivity contribution in [2.45, 2.75) is 5.92 Å². The first kappa shape index (κ1) is 23.8. The number of nitrogen functional groups attached to an aromatic ring is 1. The molecule has 0 spiro atoms. The molecule has 1 aromatic heterocycles. The van der Waals surface area contributed by atoms with E-state index in [4.69, 9.17) is 20.2 Å². The van der Waals surface area contributed by atoms with Crippen molar-refractivity contribution >= 4 is 17.4 Å². The lowest BCUT2D eigenvalue weighted by Gasteiger charge is -2.27. The minimum atomic E-state index is -0.155. The Morgan fingerprint density at radius 3 is 2.45 bits per heavy atom. The fraction of sp³-hybridized carbons (Fsp3) is 0.200.